The molecule has 13 nitrogen and oxygen atoms in total. The van der Waals surface area contributed by atoms with Crippen LogP contribution >= 0.6 is 11.8 Å². The average molecular weight is 1150 g/mol. The van der Waals surface area contributed by atoms with E-state index in [9.17, 15) is 51.6 Å². The molecule has 5 aromatic carbocycles. The van der Waals surface area contributed by atoms with Gasteiger partial charge in [0.15, 0.2) is 21.5 Å². The molecule has 10 rings (SSSR count). The molecule has 7 aromatic rings. The third kappa shape index (κ3) is 13.9. The highest BCUT2D eigenvalue weighted by atomic mass is 32.2. The van der Waals surface area contributed by atoms with Crippen LogP contribution < -0.4 is 9.55 Å². The number of nitrogens with zero attached hydrogens (tertiary/aromatic N) is 5. The zero-order valence-electron chi connectivity index (χ0n) is 41.9. The van der Waals surface area contributed by atoms with Crippen molar-refractivity contribution in [3.8, 4) is 11.4 Å². The summed E-state index contributed by atoms with van der Waals surface area (Å²) in [6, 6.07) is 26.6. The standard InChI is InChI=1S/C29H26F3N3O4S2.C26H27F3N4O2S2/c1-19(21-7-3-2-4-8-21)34-41(38,39)13-12-27-25-18-40(36,37)17-22(14-20-6-5-9-23(30)15-20)29(25)35(33-27)28-11-10-24(31)16-26(28)32;27-20-6-4-5-18(14-20)13-19-16-36-17-22-24(9-12-37(34,35)31-32-10-2-1-3-11-32)30-33(26(19)22)25-8-7-21(28)15-23(25)29/h2-13,15-16,19,22,34H,14,17-18H2,1H3;4-9,12,14-15,19,31H,1-3,10-11,13,16-17H2/b13-12+;12-9+/t19-,22?;/m0./s1. The highest BCUT2D eigenvalue weighted by Crippen LogP contribution is 2.40. The van der Waals surface area contributed by atoms with Crippen molar-refractivity contribution in [1.82, 2.24) is 34.1 Å². The van der Waals surface area contributed by atoms with E-state index in [0.717, 1.165) is 76.7 Å². The molecule has 3 aliphatic rings. The summed E-state index contributed by atoms with van der Waals surface area (Å²) in [4.78, 5) is 2.59. The molecule has 5 heterocycles. The van der Waals surface area contributed by atoms with E-state index in [4.69, 9.17) is 0 Å². The molecule has 410 valence electrons. The Morgan fingerprint density at radius 1 is 0.641 bits per heavy atom. The van der Waals surface area contributed by atoms with Crippen LogP contribution in [0.3, 0.4) is 0 Å². The maximum Gasteiger partial charge on any atom is 0.246 e. The van der Waals surface area contributed by atoms with Gasteiger partial charge in [0.05, 0.1) is 34.3 Å². The second-order valence-electron chi connectivity index (χ2n) is 19.2. The average Bonchev–Trinajstić information content (AvgIpc) is 4.16. The number of sulfone groups is 1. The van der Waals surface area contributed by atoms with Gasteiger partial charge in [0.25, 0.3) is 0 Å². The molecule has 78 heavy (non-hydrogen) atoms. The van der Waals surface area contributed by atoms with Gasteiger partial charge in [0, 0.05) is 76.5 Å². The van der Waals surface area contributed by atoms with Crippen molar-refractivity contribution in [3.63, 3.8) is 0 Å². The fourth-order valence-electron chi connectivity index (χ4n) is 9.89. The maximum atomic E-state index is 15.0. The lowest BCUT2D eigenvalue weighted by molar-refractivity contribution is 0.201. The molecular weight excluding hydrogens is 1100 g/mol. The summed E-state index contributed by atoms with van der Waals surface area (Å²) in [6.07, 6.45) is 6.10. The van der Waals surface area contributed by atoms with Crippen LogP contribution in [0.4, 0.5) is 26.3 Å². The number of fused-ring (bicyclic) bond motifs is 2. The molecule has 2 unspecified atom stereocenters. The van der Waals surface area contributed by atoms with Crippen molar-refractivity contribution in [2.45, 2.75) is 68.4 Å². The van der Waals surface area contributed by atoms with E-state index in [2.05, 4.69) is 19.8 Å². The summed E-state index contributed by atoms with van der Waals surface area (Å²) in [7, 11) is -11.5. The molecule has 0 radical (unpaired) electrons. The van der Waals surface area contributed by atoms with E-state index >= 15 is 0 Å². The monoisotopic (exact) mass is 1150 g/mol. The highest BCUT2D eigenvalue weighted by molar-refractivity contribution is 7.98. The number of halogens is 6. The van der Waals surface area contributed by atoms with Crippen LogP contribution in [0.15, 0.2) is 126 Å². The first-order chi connectivity index (χ1) is 37.2. The third-order valence-corrected chi connectivity index (χ3v) is 18.3. The van der Waals surface area contributed by atoms with Gasteiger partial charge in [-0.3, -0.25) is 0 Å². The summed E-state index contributed by atoms with van der Waals surface area (Å²) < 4.78 is 167. The smallest absolute Gasteiger partial charge is 0.234 e. The largest absolute Gasteiger partial charge is 0.246 e. The number of nitrogens with one attached hydrogen (secondary N) is 2. The lowest BCUT2D eigenvalue weighted by Gasteiger charge is -2.25. The molecule has 1 saturated heterocycles. The summed E-state index contributed by atoms with van der Waals surface area (Å²) in [6.45, 7) is 2.98. The summed E-state index contributed by atoms with van der Waals surface area (Å²) in [5.41, 5.74) is 4.42. The second-order valence-corrected chi connectivity index (χ2v) is 25.5. The topological polar surface area (TPSA) is 165 Å². The molecule has 0 spiro atoms. The fourth-order valence-corrected chi connectivity index (χ4v) is 14.7. The number of rotatable bonds is 15. The highest BCUT2D eigenvalue weighted by Gasteiger charge is 2.37. The van der Waals surface area contributed by atoms with Crippen LogP contribution in [-0.2, 0) is 54.2 Å². The Bertz CT molecular complexity index is 3740. The van der Waals surface area contributed by atoms with Crippen molar-refractivity contribution in [1.29, 1.82) is 0 Å². The van der Waals surface area contributed by atoms with E-state index in [1.165, 1.54) is 57.9 Å². The summed E-state index contributed by atoms with van der Waals surface area (Å²) in [5.74, 6) is -4.50. The molecule has 3 atom stereocenters. The third-order valence-electron chi connectivity index (χ3n) is 13.3. The maximum absolute atomic E-state index is 15.0. The van der Waals surface area contributed by atoms with Gasteiger partial charge in [-0.15, -0.1) is 4.83 Å². The Morgan fingerprint density at radius 3 is 1.73 bits per heavy atom. The van der Waals surface area contributed by atoms with Crippen LogP contribution in [0.1, 0.15) is 94.7 Å². The number of thioether (sulfide) groups is 1. The van der Waals surface area contributed by atoms with E-state index in [-0.39, 0.29) is 46.5 Å². The molecule has 1 fully saturated rings. The van der Waals surface area contributed by atoms with E-state index in [1.807, 2.05) is 12.1 Å². The fraction of sp³-hybridized carbons (Fsp3) is 0.273. The first kappa shape index (κ1) is 56.4. The van der Waals surface area contributed by atoms with Gasteiger partial charge in [-0.25, -0.2) is 70.7 Å². The summed E-state index contributed by atoms with van der Waals surface area (Å²) >= 11 is 1.65. The minimum absolute atomic E-state index is 0.00832. The minimum Gasteiger partial charge on any atom is -0.234 e. The Balaban J connectivity index is 0.000000191. The van der Waals surface area contributed by atoms with Crippen LogP contribution in [0.5, 0.6) is 0 Å². The minimum atomic E-state index is -4.01. The molecule has 0 saturated carbocycles. The van der Waals surface area contributed by atoms with Gasteiger partial charge in [-0.1, -0.05) is 61.0 Å². The van der Waals surface area contributed by atoms with Crippen LogP contribution in [0.2, 0.25) is 0 Å². The first-order valence-corrected chi connectivity index (χ1v) is 30.9. The van der Waals surface area contributed by atoms with Crippen LogP contribution in [-0.4, -0.2) is 74.4 Å². The molecular formula is C55H53F6N7O6S4. The lowest BCUT2D eigenvalue weighted by Crippen LogP contribution is -2.44. The van der Waals surface area contributed by atoms with Crippen molar-refractivity contribution in [2.24, 2.45) is 0 Å². The van der Waals surface area contributed by atoms with Crippen molar-refractivity contribution in [2.75, 3.05) is 24.6 Å². The predicted molar refractivity (Wildman–Crippen MR) is 289 cm³/mol. The van der Waals surface area contributed by atoms with E-state index in [1.54, 1.807) is 60.1 Å². The molecule has 0 bridgehead atoms. The zero-order chi connectivity index (χ0) is 55.4. The molecule has 3 aliphatic heterocycles. The zero-order valence-corrected chi connectivity index (χ0v) is 45.1. The van der Waals surface area contributed by atoms with Gasteiger partial charge in [0.1, 0.15) is 34.6 Å². The summed E-state index contributed by atoms with van der Waals surface area (Å²) in [5, 5.41) is 12.6. The van der Waals surface area contributed by atoms with Crippen molar-refractivity contribution < 1.29 is 51.6 Å². The molecule has 0 amide bonds. The van der Waals surface area contributed by atoms with Gasteiger partial charge in [-0.2, -0.15) is 22.0 Å². The van der Waals surface area contributed by atoms with Crippen LogP contribution in [0, 0.1) is 34.9 Å². The lowest BCUT2D eigenvalue weighted by atomic mass is 9.94. The van der Waals surface area contributed by atoms with Crippen molar-refractivity contribution in [3.05, 3.63) is 212 Å². The first-order valence-electron chi connectivity index (χ1n) is 24.8. The van der Waals surface area contributed by atoms with Gasteiger partial charge < -0.3 is 0 Å². The molecule has 23 heteroatoms. The number of hydrogen-bond donors (Lipinski definition) is 2. The molecule has 2 aromatic heterocycles. The second kappa shape index (κ2) is 23.9. The SMILES string of the molecule is C[C@H](NS(=O)(=O)/C=C/c1nn(-c2ccc(F)cc2F)c2c1CS(=O)(=O)CC2Cc1cccc(F)c1)c1ccccc1.O=S(=O)(/C=C/c1nn(-c2ccc(F)cc2F)c2c1CSCC2Cc1cccc(F)c1)NN1CCCCC1. The van der Waals surface area contributed by atoms with E-state index in [0.29, 0.717) is 54.0 Å². The number of benzene rings is 5. The van der Waals surface area contributed by atoms with Gasteiger partial charge in [-0.05, 0) is 110 Å². The number of aromatic nitrogens is 4. The Kier molecular flexibility index (Phi) is 17.3. The van der Waals surface area contributed by atoms with Gasteiger partial charge in [0.2, 0.25) is 20.0 Å². The number of hydrogen-bond acceptors (Lipinski definition) is 10. The number of sulfonamides is 2. The van der Waals surface area contributed by atoms with Crippen LogP contribution in [0.25, 0.3) is 23.5 Å². The molecule has 2 N–H and O–H groups in total. The predicted octanol–water partition coefficient (Wildman–Crippen LogP) is 10.3. The Morgan fingerprint density at radius 2 is 1.17 bits per heavy atom. The Labute approximate surface area is 453 Å². The molecule has 0 aliphatic carbocycles. The normalized spacial score (nSPS) is 18.1. The quantitative estimate of drug-likeness (QED) is 0.0944. The number of hydrazine groups is 1. The number of piperidine rings is 1. The van der Waals surface area contributed by atoms with E-state index < -0.39 is 76.7 Å². The Hall–Kier alpha value is -6.34. The van der Waals surface area contributed by atoms with Gasteiger partial charge >= 0.3 is 0 Å². The van der Waals surface area contributed by atoms with Crippen molar-refractivity contribution >= 4 is 53.8 Å².